The minimum Gasteiger partial charge on any atom is -0.395 e. The maximum absolute atomic E-state index is 9.87. The van der Waals surface area contributed by atoms with E-state index in [2.05, 4.69) is 10.1 Å². The molecule has 1 atom stereocenters. The van der Waals surface area contributed by atoms with E-state index in [1.54, 1.807) is 0 Å². The fourth-order valence-electron chi connectivity index (χ4n) is 0.835. The summed E-state index contributed by atoms with van der Waals surface area (Å²) < 4.78 is 0. The van der Waals surface area contributed by atoms with Crippen molar-refractivity contribution in [1.29, 1.82) is 0 Å². The zero-order chi connectivity index (χ0) is 10.4. The molecule has 0 fully saturated rings. The first-order valence-corrected chi connectivity index (χ1v) is 4.92. The summed E-state index contributed by atoms with van der Waals surface area (Å²) >= 11 is 1.39. The molecule has 0 spiro atoms. The quantitative estimate of drug-likeness (QED) is 0.450. The SMILES string of the molecule is CC(CON=CC=O)c1csc(N)n1. The van der Waals surface area contributed by atoms with Crippen molar-refractivity contribution in [2.24, 2.45) is 5.16 Å². The number of aldehydes is 1. The lowest BCUT2D eigenvalue weighted by Crippen LogP contribution is -2.02. The third kappa shape index (κ3) is 3.14. The summed E-state index contributed by atoms with van der Waals surface area (Å²) in [5.74, 6) is 0.118. The van der Waals surface area contributed by atoms with Gasteiger partial charge >= 0.3 is 0 Å². The molecule has 1 heterocycles. The lowest BCUT2D eigenvalue weighted by atomic mass is 10.1. The van der Waals surface area contributed by atoms with Crippen LogP contribution in [0.15, 0.2) is 10.5 Å². The van der Waals surface area contributed by atoms with Gasteiger partial charge in [-0.15, -0.1) is 11.3 Å². The second-order valence-electron chi connectivity index (χ2n) is 2.70. The van der Waals surface area contributed by atoms with Crippen LogP contribution in [0.25, 0.3) is 0 Å². The number of nitrogen functional groups attached to an aromatic ring is 1. The Hall–Kier alpha value is -1.43. The fraction of sp³-hybridized carbons (Fsp3) is 0.375. The highest BCUT2D eigenvalue weighted by molar-refractivity contribution is 7.13. The standard InChI is InChI=1S/C8H11N3O2S/c1-6(4-13-10-2-3-12)7-5-14-8(9)11-7/h2-3,5-6H,4H2,1H3,(H2,9,11). The zero-order valence-electron chi connectivity index (χ0n) is 7.71. The Bertz CT molecular complexity index is 324. The number of nitrogens with two attached hydrogens (primary N) is 1. The molecule has 0 saturated heterocycles. The molecule has 1 rings (SSSR count). The van der Waals surface area contributed by atoms with Gasteiger partial charge in [-0.2, -0.15) is 0 Å². The number of oxime groups is 1. The van der Waals surface area contributed by atoms with Crippen molar-refractivity contribution >= 4 is 29.0 Å². The molecule has 2 N–H and O–H groups in total. The molecule has 1 aromatic heterocycles. The predicted octanol–water partition coefficient (Wildman–Crippen LogP) is 1.03. The Kier molecular flexibility index (Phi) is 4.06. The normalized spacial score (nSPS) is 12.9. The minimum absolute atomic E-state index is 0.118. The third-order valence-electron chi connectivity index (χ3n) is 1.57. The summed E-state index contributed by atoms with van der Waals surface area (Å²) in [4.78, 5) is 18.8. The lowest BCUT2D eigenvalue weighted by Gasteiger charge is -2.05. The van der Waals surface area contributed by atoms with Gasteiger partial charge in [0.05, 0.1) is 5.69 Å². The summed E-state index contributed by atoms with van der Waals surface area (Å²) in [5.41, 5.74) is 6.37. The topological polar surface area (TPSA) is 77.6 Å². The number of hydrogen-bond donors (Lipinski definition) is 1. The number of carbonyl (C=O) groups is 1. The van der Waals surface area contributed by atoms with Crippen molar-refractivity contribution in [3.8, 4) is 0 Å². The summed E-state index contributed by atoms with van der Waals surface area (Å²) in [7, 11) is 0. The van der Waals surface area contributed by atoms with Crippen LogP contribution >= 0.6 is 11.3 Å². The van der Waals surface area contributed by atoms with Gasteiger partial charge in [-0.3, -0.25) is 4.79 Å². The number of anilines is 1. The first-order chi connectivity index (χ1) is 6.74. The maximum atomic E-state index is 9.87. The molecule has 76 valence electrons. The van der Waals surface area contributed by atoms with Crippen LogP contribution in [-0.4, -0.2) is 24.1 Å². The van der Waals surface area contributed by atoms with Gasteiger partial charge in [-0.1, -0.05) is 12.1 Å². The Morgan fingerprint density at radius 2 is 2.64 bits per heavy atom. The average molecular weight is 213 g/mol. The monoisotopic (exact) mass is 213 g/mol. The Labute approximate surface area is 85.6 Å². The van der Waals surface area contributed by atoms with E-state index in [-0.39, 0.29) is 5.92 Å². The van der Waals surface area contributed by atoms with E-state index >= 15 is 0 Å². The van der Waals surface area contributed by atoms with Crippen LogP contribution in [0.5, 0.6) is 0 Å². The number of thiazole rings is 1. The van der Waals surface area contributed by atoms with E-state index in [0.29, 0.717) is 18.0 Å². The van der Waals surface area contributed by atoms with E-state index in [1.165, 1.54) is 11.3 Å². The van der Waals surface area contributed by atoms with Crippen LogP contribution < -0.4 is 5.73 Å². The van der Waals surface area contributed by atoms with Crippen LogP contribution in [-0.2, 0) is 9.63 Å². The minimum atomic E-state index is 0.118. The number of nitrogens with zero attached hydrogens (tertiary/aromatic N) is 2. The molecule has 1 aromatic rings. The largest absolute Gasteiger partial charge is 0.395 e. The molecule has 6 heteroatoms. The van der Waals surface area contributed by atoms with Crippen LogP contribution in [0, 0.1) is 0 Å². The second-order valence-corrected chi connectivity index (χ2v) is 3.59. The van der Waals surface area contributed by atoms with Gasteiger partial charge in [-0.05, 0) is 0 Å². The number of carbonyl (C=O) groups excluding carboxylic acids is 1. The van der Waals surface area contributed by atoms with E-state index in [0.717, 1.165) is 11.9 Å². The second kappa shape index (κ2) is 5.33. The van der Waals surface area contributed by atoms with Gasteiger partial charge in [-0.25, -0.2) is 4.98 Å². The van der Waals surface area contributed by atoms with Crippen molar-refractivity contribution in [2.45, 2.75) is 12.8 Å². The fourth-order valence-corrected chi connectivity index (χ4v) is 1.52. The smallest absolute Gasteiger partial charge is 0.180 e. The van der Waals surface area contributed by atoms with E-state index in [9.17, 15) is 4.79 Å². The van der Waals surface area contributed by atoms with E-state index < -0.39 is 0 Å². The molecule has 14 heavy (non-hydrogen) atoms. The Morgan fingerprint density at radius 3 is 3.21 bits per heavy atom. The molecule has 0 amide bonds. The highest BCUT2D eigenvalue weighted by atomic mass is 32.1. The van der Waals surface area contributed by atoms with Gasteiger partial charge in [0.25, 0.3) is 0 Å². The molecule has 0 aliphatic rings. The maximum Gasteiger partial charge on any atom is 0.180 e. The molecule has 0 radical (unpaired) electrons. The number of rotatable bonds is 5. The Morgan fingerprint density at radius 1 is 1.86 bits per heavy atom. The summed E-state index contributed by atoms with van der Waals surface area (Å²) in [6.45, 7) is 2.33. The van der Waals surface area contributed by atoms with Crippen LogP contribution in [0.2, 0.25) is 0 Å². The van der Waals surface area contributed by atoms with Gasteiger partial charge in [0.1, 0.15) is 12.8 Å². The predicted molar refractivity (Wildman–Crippen MR) is 55.4 cm³/mol. The van der Waals surface area contributed by atoms with E-state index in [1.807, 2.05) is 12.3 Å². The van der Waals surface area contributed by atoms with Crippen molar-refractivity contribution < 1.29 is 9.63 Å². The van der Waals surface area contributed by atoms with Gasteiger partial charge in [0, 0.05) is 11.3 Å². The lowest BCUT2D eigenvalue weighted by molar-refractivity contribution is -0.102. The molecule has 0 aliphatic carbocycles. The zero-order valence-corrected chi connectivity index (χ0v) is 8.53. The van der Waals surface area contributed by atoms with Crippen molar-refractivity contribution in [3.63, 3.8) is 0 Å². The van der Waals surface area contributed by atoms with Gasteiger partial charge in [0.2, 0.25) is 0 Å². The highest BCUT2D eigenvalue weighted by Crippen LogP contribution is 2.19. The van der Waals surface area contributed by atoms with Crippen LogP contribution in [0.3, 0.4) is 0 Å². The highest BCUT2D eigenvalue weighted by Gasteiger charge is 2.09. The molecule has 1 unspecified atom stereocenters. The van der Waals surface area contributed by atoms with Gasteiger partial charge < -0.3 is 10.6 Å². The first-order valence-electron chi connectivity index (χ1n) is 4.04. The van der Waals surface area contributed by atoms with Crippen LogP contribution in [0.4, 0.5) is 5.13 Å². The molecule has 0 bridgehead atoms. The molecular weight excluding hydrogens is 202 g/mol. The van der Waals surface area contributed by atoms with Gasteiger partial charge in [0.15, 0.2) is 11.4 Å². The summed E-state index contributed by atoms with van der Waals surface area (Å²) in [6, 6.07) is 0. The van der Waals surface area contributed by atoms with E-state index in [4.69, 9.17) is 10.6 Å². The van der Waals surface area contributed by atoms with Crippen molar-refractivity contribution in [3.05, 3.63) is 11.1 Å². The third-order valence-corrected chi connectivity index (χ3v) is 2.26. The molecule has 5 nitrogen and oxygen atoms in total. The first kappa shape index (κ1) is 10.6. The molecular formula is C8H11N3O2S. The van der Waals surface area contributed by atoms with Crippen molar-refractivity contribution in [2.75, 3.05) is 12.3 Å². The average Bonchev–Trinajstić information content (AvgIpc) is 2.59. The number of aromatic nitrogens is 1. The molecule has 0 saturated carbocycles. The number of hydrogen-bond acceptors (Lipinski definition) is 6. The summed E-state index contributed by atoms with van der Waals surface area (Å²) in [5, 5.41) is 5.84. The van der Waals surface area contributed by atoms with Crippen molar-refractivity contribution in [1.82, 2.24) is 4.98 Å². The summed E-state index contributed by atoms with van der Waals surface area (Å²) in [6.07, 6.45) is 1.62. The Balaban J connectivity index is 2.38. The molecule has 0 aliphatic heterocycles. The molecule has 0 aromatic carbocycles. The van der Waals surface area contributed by atoms with Crippen LogP contribution in [0.1, 0.15) is 18.5 Å².